The van der Waals surface area contributed by atoms with Crippen molar-refractivity contribution in [2.24, 2.45) is 0 Å². The second-order valence-electron chi connectivity index (χ2n) is 6.44. The number of allylic oxidation sites excluding steroid dienone is 1. The Hall–Kier alpha value is -2.40. The highest BCUT2D eigenvalue weighted by atomic mass is 32.2. The molecule has 5 heteroatoms. The highest BCUT2D eigenvalue weighted by Gasteiger charge is 2.26. The number of thioether (sulfide) groups is 1. The Kier molecular flexibility index (Phi) is 6.11. The summed E-state index contributed by atoms with van der Waals surface area (Å²) in [6.07, 6.45) is 4.79. The number of para-hydroxylation sites is 1. The van der Waals surface area contributed by atoms with Gasteiger partial charge in [-0.15, -0.1) is 11.8 Å². The van der Waals surface area contributed by atoms with Crippen LogP contribution in [0.1, 0.15) is 36.2 Å². The first-order valence-electron chi connectivity index (χ1n) is 9.05. The summed E-state index contributed by atoms with van der Waals surface area (Å²) in [5, 5.41) is 0.466. The largest absolute Gasteiger partial charge is 0.493 e. The number of carbonyl (C=O) groups is 1. The lowest BCUT2D eigenvalue weighted by Crippen LogP contribution is -2.32. The Morgan fingerprint density at radius 3 is 2.70 bits per heavy atom. The predicted octanol–water partition coefficient (Wildman–Crippen LogP) is 5.27. The molecule has 0 aromatic heterocycles. The van der Waals surface area contributed by atoms with E-state index in [4.69, 9.17) is 9.47 Å². The van der Waals surface area contributed by atoms with Crippen molar-refractivity contribution < 1.29 is 14.3 Å². The molecule has 3 rings (SSSR count). The molecule has 2 aromatic rings. The molecule has 0 fully saturated rings. The van der Waals surface area contributed by atoms with Gasteiger partial charge < -0.3 is 14.4 Å². The van der Waals surface area contributed by atoms with Gasteiger partial charge in [-0.2, -0.15) is 0 Å². The lowest BCUT2D eigenvalue weighted by atomic mass is 10.1. The minimum absolute atomic E-state index is 0.0242. The molecule has 0 spiro atoms. The maximum absolute atomic E-state index is 13.4. The predicted molar refractivity (Wildman–Crippen MR) is 112 cm³/mol. The average molecular weight is 384 g/mol. The van der Waals surface area contributed by atoms with Gasteiger partial charge in [0.15, 0.2) is 11.5 Å². The second-order valence-corrected chi connectivity index (χ2v) is 7.92. The van der Waals surface area contributed by atoms with Crippen molar-refractivity contribution >= 4 is 29.4 Å². The molecule has 0 saturated heterocycles. The van der Waals surface area contributed by atoms with Gasteiger partial charge in [-0.3, -0.25) is 4.79 Å². The van der Waals surface area contributed by atoms with Crippen LogP contribution in [0.25, 0.3) is 6.08 Å². The highest BCUT2D eigenvalue weighted by molar-refractivity contribution is 8.00. The van der Waals surface area contributed by atoms with Gasteiger partial charge in [-0.05, 0) is 37.6 Å². The zero-order valence-corrected chi connectivity index (χ0v) is 17.0. The van der Waals surface area contributed by atoms with Crippen LogP contribution in [0.15, 0.2) is 47.4 Å². The van der Waals surface area contributed by atoms with Crippen LogP contribution in [0.4, 0.5) is 5.69 Å². The molecule has 0 aliphatic carbocycles. The van der Waals surface area contributed by atoms with Gasteiger partial charge in [0.2, 0.25) is 0 Å². The van der Waals surface area contributed by atoms with E-state index >= 15 is 0 Å². The average Bonchev–Trinajstić information content (AvgIpc) is 2.85. The van der Waals surface area contributed by atoms with E-state index in [-0.39, 0.29) is 5.91 Å². The van der Waals surface area contributed by atoms with E-state index in [9.17, 15) is 4.79 Å². The van der Waals surface area contributed by atoms with Crippen LogP contribution in [-0.2, 0) is 0 Å². The van der Waals surface area contributed by atoms with E-state index in [1.807, 2.05) is 60.0 Å². The van der Waals surface area contributed by atoms with E-state index in [0.717, 1.165) is 22.6 Å². The van der Waals surface area contributed by atoms with Crippen molar-refractivity contribution in [3.05, 3.63) is 53.6 Å². The van der Waals surface area contributed by atoms with Crippen LogP contribution in [0.2, 0.25) is 0 Å². The zero-order chi connectivity index (χ0) is 19.4. The second kappa shape index (κ2) is 8.53. The summed E-state index contributed by atoms with van der Waals surface area (Å²) in [5.41, 5.74) is 2.39. The Labute approximate surface area is 165 Å². The number of ether oxygens (including phenoxy) is 2. The maximum atomic E-state index is 13.4. The zero-order valence-electron chi connectivity index (χ0n) is 16.2. The molecule has 1 heterocycles. The molecule has 0 unspecified atom stereocenters. The Balaban J connectivity index is 2.07. The van der Waals surface area contributed by atoms with Crippen molar-refractivity contribution in [1.82, 2.24) is 0 Å². The fraction of sp³-hybridized carbons (Fsp3) is 0.318. The summed E-state index contributed by atoms with van der Waals surface area (Å²) >= 11 is 1.82. The fourth-order valence-corrected chi connectivity index (χ4v) is 4.39. The molecule has 1 amide bonds. The molecule has 4 nitrogen and oxygen atoms in total. The molecule has 1 atom stereocenters. The molecule has 0 radical (unpaired) electrons. The fourth-order valence-electron chi connectivity index (χ4n) is 3.27. The molecule has 1 aliphatic rings. The minimum atomic E-state index is -0.0242. The number of amides is 1. The number of rotatable bonds is 4. The van der Waals surface area contributed by atoms with Gasteiger partial charge in [-0.1, -0.05) is 31.2 Å². The molecule has 0 bridgehead atoms. The molecule has 2 aromatic carbocycles. The number of nitrogens with zero attached hydrogens (tertiary/aromatic N) is 1. The van der Waals surface area contributed by atoms with Gasteiger partial charge >= 0.3 is 0 Å². The third kappa shape index (κ3) is 3.98. The summed E-state index contributed by atoms with van der Waals surface area (Å²) in [4.78, 5) is 16.5. The maximum Gasteiger partial charge on any atom is 0.258 e. The van der Waals surface area contributed by atoms with Crippen LogP contribution in [0, 0.1) is 0 Å². The van der Waals surface area contributed by atoms with E-state index < -0.39 is 0 Å². The van der Waals surface area contributed by atoms with Gasteiger partial charge in [0.05, 0.1) is 19.9 Å². The molecular weight excluding hydrogens is 358 g/mol. The first-order valence-corrected chi connectivity index (χ1v) is 9.93. The smallest absolute Gasteiger partial charge is 0.258 e. The summed E-state index contributed by atoms with van der Waals surface area (Å²) in [6.45, 7) is 4.83. The molecule has 27 heavy (non-hydrogen) atoms. The Bertz CT molecular complexity index is 863. The number of benzene rings is 2. The quantitative estimate of drug-likeness (QED) is 0.721. The van der Waals surface area contributed by atoms with Crippen molar-refractivity contribution in [2.45, 2.75) is 30.4 Å². The summed E-state index contributed by atoms with van der Waals surface area (Å²) in [6, 6.07) is 11.7. The van der Waals surface area contributed by atoms with Gasteiger partial charge in [-0.25, -0.2) is 0 Å². The lowest BCUT2D eigenvalue weighted by molar-refractivity contribution is 0.0986. The summed E-state index contributed by atoms with van der Waals surface area (Å²) < 4.78 is 11.0. The van der Waals surface area contributed by atoms with Gasteiger partial charge in [0, 0.05) is 27.8 Å². The molecular formula is C22H25NO3S. The number of fused-ring (bicyclic) bond motifs is 1. The number of methoxy groups -OCH3 is 2. The van der Waals surface area contributed by atoms with E-state index in [2.05, 4.69) is 13.0 Å². The van der Waals surface area contributed by atoms with Crippen LogP contribution >= 0.6 is 11.8 Å². The Morgan fingerprint density at radius 1 is 1.22 bits per heavy atom. The topological polar surface area (TPSA) is 38.8 Å². The van der Waals surface area contributed by atoms with Crippen LogP contribution in [0.3, 0.4) is 0 Å². The first-order chi connectivity index (χ1) is 13.1. The first kappa shape index (κ1) is 19.4. The van der Waals surface area contributed by atoms with E-state index in [1.54, 1.807) is 20.3 Å². The summed E-state index contributed by atoms with van der Waals surface area (Å²) in [5.74, 6) is 1.17. The number of carbonyl (C=O) groups excluding carboxylic acids is 1. The van der Waals surface area contributed by atoms with Crippen LogP contribution < -0.4 is 14.4 Å². The van der Waals surface area contributed by atoms with E-state index in [0.29, 0.717) is 28.9 Å². The van der Waals surface area contributed by atoms with Crippen molar-refractivity contribution in [2.75, 3.05) is 25.7 Å². The standard InChI is InChI=1S/C22H25NO3S/c1-5-8-16-13-17(14-19(25-3)21(16)26-4)22(24)23-12-11-15(2)27-20-10-7-6-9-18(20)23/h5-10,13-15H,11-12H2,1-4H3/b8-5+/t15-/m0/s1. The number of anilines is 1. The van der Waals surface area contributed by atoms with Gasteiger partial charge in [0.25, 0.3) is 5.91 Å². The van der Waals surface area contributed by atoms with Crippen molar-refractivity contribution in [1.29, 1.82) is 0 Å². The number of hydrogen-bond acceptors (Lipinski definition) is 4. The van der Waals surface area contributed by atoms with Crippen LogP contribution in [0.5, 0.6) is 11.5 Å². The molecule has 1 aliphatic heterocycles. The number of hydrogen-bond donors (Lipinski definition) is 0. The Morgan fingerprint density at radius 2 is 2.00 bits per heavy atom. The highest BCUT2D eigenvalue weighted by Crippen LogP contribution is 2.39. The molecule has 0 N–H and O–H groups in total. The third-order valence-electron chi connectivity index (χ3n) is 4.59. The van der Waals surface area contributed by atoms with Gasteiger partial charge in [0.1, 0.15) is 0 Å². The van der Waals surface area contributed by atoms with E-state index in [1.165, 1.54) is 0 Å². The minimum Gasteiger partial charge on any atom is -0.493 e. The molecule has 142 valence electrons. The normalized spacial score (nSPS) is 16.7. The SMILES string of the molecule is C/C=C/c1cc(C(=O)N2CC[C@H](C)Sc3ccccc32)cc(OC)c1OC. The molecule has 0 saturated carbocycles. The summed E-state index contributed by atoms with van der Waals surface area (Å²) in [7, 11) is 3.20. The van der Waals surface area contributed by atoms with Crippen molar-refractivity contribution in [3.63, 3.8) is 0 Å². The third-order valence-corrected chi connectivity index (χ3v) is 5.83. The lowest BCUT2D eigenvalue weighted by Gasteiger charge is -2.23. The van der Waals surface area contributed by atoms with Crippen molar-refractivity contribution in [3.8, 4) is 11.5 Å². The van der Waals surface area contributed by atoms with Crippen LogP contribution in [-0.4, -0.2) is 31.9 Å². The monoisotopic (exact) mass is 383 g/mol.